The number of aromatic nitrogens is 2. The molecule has 0 saturated carbocycles. The monoisotopic (exact) mass is 321 g/mol. The molecule has 3 rings (SSSR count). The topological polar surface area (TPSA) is 62.4 Å². The Hall–Kier alpha value is -1.43. The smallest absolute Gasteiger partial charge is 0.244 e. The van der Waals surface area contributed by atoms with Gasteiger partial charge in [-0.25, -0.2) is 0 Å². The molecule has 1 aromatic carbocycles. The molecule has 1 saturated heterocycles. The van der Waals surface area contributed by atoms with Crippen LogP contribution in [0.5, 0.6) is 0 Å². The summed E-state index contributed by atoms with van der Waals surface area (Å²) in [5, 5.41) is 14.0. The Labute approximate surface area is 134 Å². The molecule has 22 heavy (non-hydrogen) atoms. The lowest BCUT2D eigenvalue weighted by molar-refractivity contribution is 0.0929. The van der Waals surface area contributed by atoms with E-state index in [1.54, 1.807) is 0 Å². The van der Waals surface area contributed by atoms with E-state index in [1.165, 1.54) is 0 Å². The van der Waals surface area contributed by atoms with Gasteiger partial charge in [-0.2, -0.15) is 4.98 Å². The number of nitrogens with zero attached hydrogens (tertiary/aromatic N) is 3. The fraction of sp³-hybridized carbons (Fsp3) is 0.500. The molecule has 1 fully saturated rings. The Morgan fingerprint density at radius 1 is 1.32 bits per heavy atom. The SMILES string of the molecule is CC(c1nc(-c2ccc(Cl)cc2)no1)N1CCC(CO)CC1. The number of hydrogen-bond donors (Lipinski definition) is 1. The van der Waals surface area contributed by atoms with Crippen LogP contribution < -0.4 is 0 Å². The van der Waals surface area contributed by atoms with Crippen LogP contribution in [-0.2, 0) is 0 Å². The molecule has 1 aliphatic rings. The van der Waals surface area contributed by atoms with Crippen LogP contribution in [0.3, 0.4) is 0 Å². The highest BCUT2D eigenvalue weighted by atomic mass is 35.5. The molecule has 5 nitrogen and oxygen atoms in total. The lowest BCUT2D eigenvalue weighted by Crippen LogP contribution is -2.36. The van der Waals surface area contributed by atoms with Crippen LogP contribution in [0.25, 0.3) is 11.4 Å². The number of likely N-dealkylation sites (tertiary alicyclic amines) is 1. The third-order valence-corrected chi connectivity index (χ3v) is 4.61. The Kier molecular flexibility index (Phi) is 4.76. The van der Waals surface area contributed by atoms with E-state index >= 15 is 0 Å². The van der Waals surface area contributed by atoms with Gasteiger partial charge in [-0.05, 0) is 63.0 Å². The van der Waals surface area contributed by atoms with Crippen LogP contribution in [0.4, 0.5) is 0 Å². The maximum atomic E-state index is 9.21. The second-order valence-corrected chi connectivity index (χ2v) is 6.24. The van der Waals surface area contributed by atoms with Gasteiger partial charge in [-0.3, -0.25) is 4.90 Å². The third kappa shape index (κ3) is 3.32. The second-order valence-electron chi connectivity index (χ2n) is 5.80. The van der Waals surface area contributed by atoms with E-state index in [1.807, 2.05) is 24.3 Å². The first kappa shape index (κ1) is 15.5. The van der Waals surface area contributed by atoms with E-state index < -0.39 is 0 Å². The van der Waals surface area contributed by atoms with Crippen molar-refractivity contribution in [1.29, 1.82) is 0 Å². The first-order valence-corrected chi connectivity index (χ1v) is 7.99. The summed E-state index contributed by atoms with van der Waals surface area (Å²) >= 11 is 5.89. The Morgan fingerprint density at radius 3 is 2.64 bits per heavy atom. The molecule has 0 spiro atoms. The summed E-state index contributed by atoms with van der Waals surface area (Å²) in [6.07, 6.45) is 2.03. The third-order valence-electron chi connectivity index (χ3n) is 4.36. The van der Waals surface area contributed by atoms with Crippen molar-refractivity contribution >= 4 is 11.6 Å². The van der Waals surface area contributed by atoms with Crippen molar-refractivity contribution in [2.45, 2.75) is 25.8 Å². The first-order valence-electron chi connectivity index (χ1n) is 7.62. The average Bonchev–Trinajstić information content (AvgIpc) is 3.05. The minimum atomic E-state index is 0.0909. The number of aliphatic hydroxyl groups is 1. The van der Waals surface area contributed by atoms with Crippen LogP contribution in [0.15, 0.2) is 28.8 Å². The zero-order valence-corrected chi connectivity index (χ0v) is 13.3. The molecule has 6 heteroatoms. The molecule has 1 unspecified atom stereocenters. The van der Waals surface area contributed by atoms with Crippen molar-refractivity contribution in [2.75, 3.05) is 19.7 Å². The number of aliphatic hydroxyl groups excluding tert-OH is 1. The van der Waals surface area contributed by atoms with Crippen molar-refractivity contribution in [3.8, 4) is 11.4 Å². The van der Waals surface area contributed by atoms with Gasteiger partial charge < -0.3 is 9.63 Å². The lowest BCUT2D eigenvalue weighted by Gasteiger charge is -2.33. The normalized spacial score (nSPS) is 18.5. The number of piperidine rings is 1. The minimum absolute atomic E-state index is 0.0909. The number of halogens is 1. The molecule has 1 aliphatic heterocycles. The highest BCUT2D eigenvalue weighted by Crippen LogP contribution is 2.27. The van der Waals surface area contributed by atoms with Crippen molar-refractivity contribution in [1.82, 2.24) is 15.0 Å². The maximum absolute atomic E-state index is 9.21. The number of rotatable bonds is 4. The van der Waals surface area contributed by atoms with Gasteiger partial charge in [0.2, 0.25) is 11.7 Å². The molecule has 1 aromatic heterocycles. The standard InChI is InChI=1S/C16H20ClN3O2/c1-11(20-8-6-12(10-21)7-9-20)16-18-15(19-22-16)13-2-4-14(17)5-3-13/h2-5,11-12,21H,6-10H2,1H3. The molecule has 1 atom stereocenters. The van der Waals surface area contributed by atoms with Crippen LogP contribution in [-0.4, -0.2) is 39.8 Å². The van der Waals surface area contributed by atoms with Gasteiger partial charge in [0.05, 0.1) is 6.04 Å². The Balaban J connectivity index is 1.69. The molecular formula is C16H20ClN3O2. The van der Waals surface area contributed by atoms with Crippen LogP contribution in [0.2, 0.25) is 5.02 Å². The Bertz CT molecular complexity index is 606. The van der Waals surface area contributed by atoms with Gasteiger partial charge in [0.15, 0.2) is 0 Å². The maximum Gasteiger partial charge on any atom is 0.244 e. The van der Waals surface area contributed by atoms with Gasteiger partial charge >= 0.3 is 0 Å². The molecule has 2 heterocycles. The quantitative estimate of drug-likeness (QED) is 0.937. The van der Waals surface area contributed by atoms with Gasteiger partial charge in [-0.15, -0.1) is 0 Å². The number of hydrogen-bond acceptors (Lipinski definition) is 5. The minimum Gasteiger partial charge on any atom is -0.396 e. The molecule has 1 N–H and O–H groups in total. The molecular weight excluding hydrogens is 302 g/mol. The van der Waals surface area contributed by atoms with Gasteiger partial charge in [0, 0.05) is 17.2 Å². The summed E-state index contributed by atoms with van der Waals surface area (Å²) in [5.41, 5.74) is 0.894. The zero-order valence-electron chi connectivity index (χ0n) is 12.6. The Morgan fingerprint density at radius 2 is 2.00 bits per heavy atom. The highest BCUT2D eigenvalue weighted by Gasteiger charge is 2.26. The summed E-state index contributed by atoms with van der Waals surface area (Å²) in [7, 11) is 0. The van der Waals surface area contributed by atoms with Crippen LogP contribution >= 0.6 is 11.6 Å². The summed E-state index contributed by atoms with van der Waals surface area (Å²) in [6, 6.07) is 7.49. The first-order chi connectivity index (χ1) is 10.7. The van der Waals surface area contributed by atoms with Crippen LogP contribution in [0.1, 0.15) is 31.7 Å². The van der Waals surface area contributed by atoms with Crippen molar-refractivity contribution in [3.63, 3.8) is 0 Å². The van der Waals surface area contributed by atoms with E-state index in [2.05, 4.69) is 22.0 Å². The van der Waals surface area contributed by atoms with Gasteiger partial charge in [-0.1, -0.05) is 16.8 Å². The fourth-order valence-corrected chi connectivity index (χ4v) is 2.93. The lowest BCUT2D eigenvalue weighted by atomic mass is 9.97. The predicted octanol–water partition coefficient (Wildman–Crippen LogP) is 3.16. The van der Waals surface area contributed by atoms with Gasteiger partial charge in [0.25, 0.3) is 0 Å². The largest absolute Gasteiger partial charge is 0.396 e. The van der Waals surface area contributed by atoms with Gasteiger partial charge in [0.1, 0.15) is 0 Å². The van der Waals surface area contributed by atoms with E-state index in [9.17, 15) is 5.11 Å². The molecule has 2 aromatic rings. The molecule has 0 radical (unpaired) electrons. The second kappa shape index (κ2) is 6.77. The van der Waals surface area contributed by atoms with E-state index in [0.29, 0.717) is 22.7 Å². The average molecular weight is 322 g/mol. The molecule has 0 bridgehead atoms. The van der Waals surface area contributed by atoms with Crippen LogP contribution in [0, 0.1) is 5.92 Å². The van der Waals surface area contributed by atoms with Crippen molar-refractivity contribution in [2.24, 2.45) is 5.92 Å². The summed E-state index contributed by atoms with van der Waals surface area (Å²) in [5.74, 6) is 1.65. The van der Waals surface area contributed by atoms with E-state index in [0.717, 1.165) is 31.5 Å². The highest BCUT2D eigenvalue weighted by molar-refractivity contribution is 6.30. The summed E-state index contributed by atoms with van der Waals surface area (Å²) in [4.78, 5) is 6.84. The predicted molar refractivity (Wildman–Crippen MR) is 84.5 cm³/mol. The molecule has 0 aliphatic carbocycles. The van der Waals surface area contributed by atoms with E-state index in [-0.39, 0.29) is 12.6 Å². The fourth-order valence-electron chi connectivity index (χ4n) is 2.80. The summed E-state index contributed by atoms with van der Waals surface area (Å²) in [6.45, 7) is 4.26. The molecule has 118 valence electrons. The zero-order chi connectivity index (χ0) is 15.5. The van der Waals surface area contributed by atoms with Crippen molar-refractivity contribution < 1.29 is 9.63 Å². The summed E-state index contributed by atoms with van der Waals surface area (Å²) < 4.78 is 5.43. The number of benzene rings is 1. The molecule has 0 amide bonds. The van der Waals surface area contributed by atoms with Crippen molar-refractivity contribution in [3.05, 3.63) is 35.2 Å². The van der Waals surface area contributed by atoms with E-state index in [4.69, 9.17) is 16.1 Å².